The highest BCUT2D eigenvalue weighted by Gasteiger charge is 2.17. The van der Waals surface area contributed by atoms with Crippen molar-refractivity contribution in [3.63, 3.8) is 0 Å². The molecule has 0 heterocycles. The number of ether oxygens (including phenoxy) is 2. The van der Waals surface area contributed by atoms with Gasteiger partial charge in [0.1, 0.15) is 17.2 Å². The number of benzene rings is 4. The minimum absolute atomic E-state index is 0.256. The molecule has 0 atom stereocenters. The van der Waals surface area contributed by atoms with Gasteiger partial charge in [-0.3, -0.25) is 0 Å². The van der Waals surface area contributed by atoms with Gasteiger partial charge in [-0.25, -0.2) is 0 Å². The molecule has 0 aliphatic carbocycles. The quantitative estimate of drug-likeness (QED) is 0.273. The van der Waals surface area contributed by atoms with E-state index < -0.39 is 0 Å². The maximum atomic E-state index is 9.85. The SMILES string of the molecule is COc1cccc(N(c2cccc(OC)c2)c2ccc(-c3cccc(O)c3)cc2I)c1. The third-order valence-electron chi connectivity index (χ3n) is 4.99. The molecule has 0 unspecified atom stereocenters. The van der Waals surface area contributed by atoms with E-state index in [4.69, 9.17) is 9.47 Å². The largest absolute Gasteiger partial charge is 0.508 e. The zero-order valence-corrected chi connectivity index (χ0v) is 19.4. The molecule has 4 rings (SSSR count). The van der Waals surface area contributed by atoms with Gasteiger partial charge in [-0.1, -0.05) is 30.3 Å². The van der Waals surface area contributed by atoms with E-state index in [-0.39, 0.29) is 5.75 Å². The van der Waals surface area contributed by atoms with E-state index in [9.17, 15) is 5.11 Å². The summed E-state index contributed by atoms with van der Waals surface area (Å²) in [6.45, 7) is 0. The van der Waals surface area contributed by atoms with Crippen LogP contribution >= 0.6 is 22.6 Å². The Labute approximate surface area is 195 Å². The van der Waals surface area contributed by atoms with Gasteiger partial charge in [-0.05, 0) is 82.2 Å². The van der Waals surface area contributed by atoms with Crippen molar-refractivity contribution in [1.29, 1.82) is 0 Å². The number of rotatable bonds is 6. The highest BCUT2D eigenvalue weighted by atomic mass is 127. The second kappa shape index (κ2) is 9.31. The smallest absolute Gasteiger partial charge is 0.120 e. The normalized spacial score (nSPS) is 10.5. The van der Waals surface area contributed by atoms with Gasteiger partial charge in [0.15, 0.2) is 0 Å². The van der Waals surface area contributed by atoms with Crippen molar-refractivity contribution >= 4 is 39.7 Å². The van der Waals surface area contributed by atoms with Crippen LogP contribution < -0.4 is 14.4 Å². The molecule has 0 amide bonds. The molecule has 1 N–H and O–H groups in total. The van der Waals surface area contributed by atoms with Gasteiger partial charge in [-0.2, -0.15) is 0 Å². The first kappa shape index (κ1) is 21.1. The lowest BCUT2D eigenvalue weighted by atomic mass is 10.0. The maximum Gasteiger partial charge on any atom is 0.120 e. The average molecular weight is 523 g/mol. The molecular weight excluding hydrogens is 501 g/mol. The standard InChI is InChI=1S/C26H22INO3/c1-30-23-10-4-7-20(16-23)28(21-8-5-11-24(17-21)31-2)26-13-12-19(15-25(26)27)18-6-3-9-22(29)14-18/h3-17,29H,1-2H3. The van der Waals surface area contributed by atoms with Gasteiger partial charge in [0.2, 0.25) is 0 Å². The van der Waals surface area contributed by atoms with Crippen LogP contribution in [0.2, 0.25) is 0 Å². The number of aromatic hydroxyl groups is 1. The Balaban J connectivity index is 1.85. The predicted octanol–water partition coefficient (Wildman–Crippen LogP) is 7.15. The molecule has 4 aromatic rings. The summed E-state index contributed by atoms with van der Waals surface area (Å²) in [4.78, 5) is 2.18. The van der Waals surface area contributed by atoms with E-state index in [2.05, 4.69) is 57.8 Å². The molecule has 0 fully saturated rings. The Morgan fingerprint density at radius 1 is 0.677 bits per heavy atom. The summed E-state index contributed by atoms with van der Waals surface area (Å²) in [6.07, 6.45) is 0. The molecule has 31 heavy (non-hydrogen) atoms. The zero-order chi connectivity index (χ0) is 21.8. The maximum absolute atomic E-state index is 9.85. The topological polar surface area (TPSA) is 41.9 Å². The molecule has 0 radical (unpaired) electrons. The van der Waals surface area contributed by atoms with Crippen molar-refractivity contribution in [2.75, 3.05) is 19.1 Å². The summed E-state index contributed by atoms with van der Waals surface area (Å²) >= 11 is 2.36. The van der Waals surface area contributed by atoms with Crippen LogP contribution in [0.1, 0.15) is 0 Å². The number of halogens is 1. The van der Waals surface area contributed by atoms with Gasteiger partial charge in [0.05, 0.1) is 19.9 Å². The minimum atomic E-state index is 0.256. The van der Waals surface area contributed by atoms with Crippen LogP contribution in [0.3, 0.4) is 0 Å². The monoisotopic (exact) mass is 523 g/mol. The van der Waals surface area contributed by atoms with Crippen LogP contribution in [-0.2, 0) is 0 Å². The molecule has 4 nitrogen and oxygen atoms in total. The van der Waals surface area contributed by atoms with Crippen molar-refractivity contribution in [3.05, 3.63) is 94.6 Å². The van der Waals surface area contributed by atoms with Crippen molar-refractivity contribution in [2.24, 2.45) is 0 Å². The summed E-state index contributed by atoms with van der Waals surface area (Å²) in [5, 5.41) is 9.85. The van der Waals surface area contributed by atoms with Crippen LogP contribution in [-0.4, -0.2) is 19.3 Å². The number of hydrogen-bond acceptors (Lipinski definition) is 4. The lowest BCUT2D eigenvalue weighted by Gasteiger charge is -2.27. The number of nitrogens with zero attached hydrogens (tertiary/aromatic N) is 1. The summed E-state index contributed by atoms with van der Waals surface area (Å²) in [7, 11) is 3.34. The van der Waals surface area contributed by atoms with Crippen LogP contribution in [0, 0.1) is 3.57 Å². The van der Waals surface area contributed by atoms with Gasteiger partial charge < -0.3 is 19.5 Å². The van der Waals surface area contributed by atoms with Crippen molar-refractivity contribution < 1.29 is 14.6 Å². The van der Waals surface area contributed by atoms with Gasteiger partial charge in [0.25, 0.3) is 0 Å². The lowest BCUT2D eigenvalue weighted by molar-refractivity contribution is 0.414. The van der Waals surface area contributed by atoms with Crippen molar-refractivity contribution in [2.45, 2.75) is 0 Å². The number of methoxy groups -OCH3 is 2. The summed E-state index contributed by atoms with van der Waals surface area (Å²) < 4.78 is 12.0. The first-order valence-corrected chi connectivity index (χ1v) is 10.8. The Bertz CT molecular complexity index is 1160. The Kier molecular flexibility index (Phi) is 6.32. The van der Waals surface area contributed by atoms with Crippen LogP contribution in [0.4, 0.5) is 17.1 Å². The Morgan fingerprint density at radius 3 is 1.81 bits per heavy atom. The van der Waals surface area contributed by atoms with E-state index in [1.165, 1.54) is 0 Å². The van der Waals surface area contributed by atoms with Gasteiger partial charge >= 0.3 is 0 Å². The molecule has 0 aliphatic heterocycles. The second-order valence-electron chi connectivity index (χ2n) is 6.95. The van der Waals surface area contributed by atoms with Crippen molar-refractivity contribution in [1.82, 2.24) is 0 Å². The third kappa shape index (κ3) is 4.61. The van der Waals surface area contributed by atoms with E-state index in [1.54, 1.807) is 26.4 Å². The van der Waals surface area contributed by atoms with Crippen LogP contribution in [0.5, 0.6) is 17.2 Å². The molecule has 0 saturated carbocycles. The molecular formula is C26H22INO3. The summed E-state index contributed by atoms with van der Waals surface area (Å²) in [5.41, 5.74) is 5.01. The average Bonchev–Trinajstić information content (AvgIpc) is 2.80. The van der Waals surface area contributed by atoms with Crippen molar-refractivity contribution in [3.8, 4) is 28.4 Å². The predicted molar refractivity (Wildman–Crippen MR) is 134 cm³/mol. The molecule has 4 aromatic carbocycles. The van der Waals surface area contributed by atoms with Gasteiger partial charge in [-0.15, -0.1) is 0 Å². The Hall–Kier alpha value is -3.19. The van der Waals surface area contributed by atoms with E-state index >= 15 is 0 Å². The molecule has 0 saturated heterocycles. The minimum Gasteiger partial charge on any atom is -0.508 e. The number of phenols is 1. The van der Waals surface area contributed by atoms with Crippen LogP contribution in [0.15, 0.2) is 91.0 Å². The fourth-order valence-electron chi connectivity index (χ4n) is 3.48. The first-order chi connectivity index (χ1) is 15.1. The van der Waals surface area contributed by atoms with Gasteiger partial charge in [0, 0.05) is 27.1 Å². The summed E-state index contributed by atoms with van der Waals surface area (Å²) in [6, 6.07) is 29.6. The number of hydrogen-bond donors (Lipinski definition) is 1. The van der Waals surface area contributed by atoms with E-state index in [0.717, 1.165) is 43.3 Å². The first-order valence-electron chi connectivity index (χ1n) is 9.76. The number of anilines is 3. The summed E-state index contributed by atoms with van der Waals surface area (Å²) in [5.74, 6) is 1.83. The zero-order valence-electron chi connectivity index (χ0n) is 17.2. The number of phenolic OH excluding ortho intramolecular Hbond substituents is 1. The fourth-order valence-corrected chi connectivity index (χ4v) is 4.24. The molecule has 156 valence electrons. The fraction of sp³-hybridized carbons (Fsp3) is 0.0769. The molecule has 0 spiro atoms. The second-order valence-corrected chi connectivity index (χ2v) is 8.12. The molecule has 0 aliphatic rings. The van der Waals surface area contributed by atoms with E-state index in [0.29, 0.717) is 0 Å². The third-order valence-corrected chi connectivity index (χ3v) is 5.86. The Morgan fingerprint density at radius 2 is 1.26 bits per heavy atom. The molecule has 0 aromatic heterocycles. The van der Waals surface area contributed by atoms with Crippen LogP contribution in [0.25, 0.3) is 11.1 Å². The van der Waals surface area contributed by atoms with E-state index in [1.807, 2.05) is 48.5 Å². The highest BCUT2D eigenvalue weighted by molar-refractivity contribution is 14.1. The lowest BCUT2D eigenvalue weighted by Crippen LogP contribution is -2.11. The molecule has 5 heteroatoms. The molecule has 0 bridgehead atoms. The highest BCUT2D eigenvalue weighted by Crippen LogP contribution is 2.40.